The van der Waals surface area contributed by atoms with E-state index in [0.717, 1.165) is 13.0 Å². The van der Waals surface area contributed by atoms with Crippen molar-refractivity contribution in [3.63, 3.8) is 0 Å². The van der Waals surface area contributed by atoms with Gasteiger partial charge in [0, 0.05) is 6.04 Å². The smallest absolute Gasteiger partial charge is 0.0112 e. The van der Waals surface area contributed by atoms with Gasteiger partial charge in [0.1, 0.15) is 0 Å². The molecule has 1 atom stereocenters. The maximum Gasteiger partial charge on any atom is 0.0112 e. The van der Waals surface area contributed by atoms with E-state index in [4.69, 9.17) is 0 Å². The van der Waals surface area contributed by atoms with Crippen molar-refractivity contribution in [3.8, 4) is 0 Å². The molecule has 0 spiro atoms. The Balaban J connectivity index is 2.13. The number of rotatable bonds is 6. The monoisotopic (exact) mass is 283 g/mol. The van der Waals surface area contributed by atoms with E-state index < -0.39 is 0 Å². The lowest BCUT2D eigenvalue weighted by molar-refractivity contribution is 0.307. The Kier molecular flexibility index (Phi) is 5.41. The van der Waals surface area contributed by atoms with Gasteiger partial charge < -0.3 is 5.32 Å². The molecule has 0 saturated carbocycles. The Morgan fingerprint density at radius 2 is 1.71 bits per heavy atom. The van der Waals surface area contributed by atoms with Gasteiger partial charge in [-0.2, -0.15) is 0 Å². The van der Waals surface area contributed by atoms with Gasteiger partial charge in [-0.05, 0) is 47.6 Å². The quantitative estimate of drug-likeness (QED) is 0.769. The van der Waals surface area contributed by atoms with Gasteiger partial charge in [0.2, 0.25) is 0 Å². The lowest BCUT2D eigenvalue weighted by atomic mass is 9.85. The molecule has 0 saturated heterocycles. The molecule has 0 fully saturated rings. The Morgan fingerprint density at radius 3 is 2.38 bits per heavy atom. The summed E-state index contributed by atoms with van der Waals surface area (Å²) in [5.41, 5.74) is 1.80. The zero-order valence-corrected chi connectivity index (χ0v) is 13.9. The fourth-order valence-electron chi connectivity index (χ4n) is 2.95. The third-order valence-electron chi connectivity index (χ3n) is 3.84. The average molecular weight is 283 g/mol. The summed E-state index contributed by atoms with van der Waals surface area (Å²) < 4.78 is 0. The van der Waals surface area contributed by atoms with Crippen LogP contribution in [0.25, 0.3) is 10.8 Å². The molecule has 0 amide bonds. The summed E-state index contributed by atoms with van der Waals surface area (Å²) in [5.74, 6) is 0. The molecule has 2 rings (SSSR count). The molecule has 114 valence electrons. The molecule has 0 bridgehead atoms. The van der Waals surface area contributed by atoms with Gasteiger partial charge in [-0.15, -0.1) is 0 Å². The van der Waals surface area contributed by atoms with Crippen LogP contribution in [-0.4, -0.2) is 12.6 Å². The Labute approximate surface area is 129 Å². The van der Waals surface area contributed by atoms with E-state index in [1.165, 1.54) is 29.2 Å². The fourth-order valence-corrected chi connectivity index (χ4v) is 2.95. The summed E-state index contributed by atoms with van der Waals surface area (Å²) in [6, 6.07) is 16.0. The SMILES string of the molecule is CCCNC(Cc1ccc2ccccc2c1)CC(C)(C)C. The van der Waals surface area contributed by atoms with Crippen LogP contribution >= 0.6 is 0 Å². The minimum atomic E-state index is 0.363. The largest absolute Gasteiger partial charge is 0.314 e. The van der Waals surface area contributed by atoms with Gasteiger partial charge in [-0.3, -0.25) is 0 Å². The molecular weight excluding hydrogens is 254 g/mol. The molecule has 0 aliphatic heterocycles. The lowest BCUT2D eigenvalue weighted by Gasteiger charge is -2.27. The van der Waals surface area contributed by atoms with E-state index in [0.29, 0.717) is 11.5 Å². The second-order valence-electron chi connectivity index (χ2n) is 7.30. The van der Waals surface area contributed by atoms with Crippen LogP contribution in [-0.2, 0) is 6.42 Å². The molecule has 2 aromatic carbocycles. The van der Waals surface area contributed by atoms with Crippen LogP contribution in [0.4, 0.5) is 0 Å². The molecule has 1 nitrogen and oxygen atoms in total. The zero-order valence-electron chi connectivity index (χ0n) is 13.9. The molecule has 0 aromatic heterocycles. The highest BCUT2D eigenvalue weighted by atomic mass is 14.9. The fraction of sp³-hybridized carbons (Fsp3) is 0.500. The number of hydrogen-bond donors (Lipinski definition) is 1. The molecule has 2 aromatic rings. The second kappa shape index (κ2) is 7.09. The van der Waals surface area contributed by atoms with Crippen molar-refractivity contribution in [1.29, 1.82) is 0 Å². The van der Waals surface area contributed by atoms with Crippen molar-refractivity contribution in [2.75, 3.05) is 6.54 Å². The summed E-state index contributed by atoms with van der Waals surface area (Å²) in [5, 5.41) is 6.40. The van der Waals surface area contributed by atoms with Gasteiger partial charge in [-0.1, -0.05) is 70.2 Å². The first kappa shape index (κ1) is 16.0. The van der Waals surface area contributed by atoms with E-state index in [2.05, 4.69) is 75.5 Å². The van der Waals surface area contributed by atoms with E-state index >= 15 is 0 Å². The Hall–Kier alpha value is -1.34. The third kappa shape index (κ3) is 5.17. The highest BCUT2D eigenvalue weighted by Crippen LogP contribution is 2.24. The van der Waals surface area contributed by atoms with E-state index in [1.54, 1.807) is 0 Å². The second-order valence-corrected chi connectivity index (χ2v) is 7.30. The van der Waals surface area contributed by atoms with Gasteiger partial charge in [0.15, 0.2) is 0 Å². The maximum absolute atomic E-state index is 3.72. The molecule has 1 heteroatoms. The summed E-state index contributed by atoms with van der Waals surface area (Å²) in [4.78, 5) is 0. The van der Waals surface area contributed by atoms with Crippen LogP contribution in [0.3, 0.4) is 0 Å². The molecule has 21 heavy (non-hydrogen) atoms. The van der Waals surface area contributed by atoms with Gasteiger partial charge in [0.05, 0.1) is 0 Å². The molecule has 1 unspecified atom stereocenters. The average Bonchev–Trinajstić information content (AvgIpc) is 2.43. The molecule has 0 aliphatic rings. The predicted octanol–water partition coefficient (Wildman–Crippen LogP) is 5.19. The summed E-state index contributed by atoms with van der Waals surface area (Å²) in [6.45, 7) is 10.3. The minimum absolute atomic E-state index is 0.363. The predicted molar refractivity (Wildman–Crippen MR) is 93.8 cm³/mol. The van der Waals surface area contributed by atoms with Crippen LogP contribution in [0.1, 0.15) is 46.1 Å². The standard InChI is InChI=1S/C20H29N/c1-5-12-21-19(15-20(2,3)4)14-16-10-11-17-8-6-7-9-18(17)13-16/h6-11,13,19,21H,5,12,14-15H2,1-4H3. The van der Waals surface area contributed by atoms with E-state index in [1.807, 2.05) is 0 Å². The van der Waals surface area contributed by atoms with Gasteiger partial charge in [0.25, 0.3) is 0 Å². The summed E-state index contributed by atoms with van der Waals surface area (Å²) in [7, 11) is 0. The van der Waals surface area contributed by atoms with Crippen molar-refractivity contribution < 1.29 is 0 Å². The normalized spacial score (nSPS) is 13.5. The van der Waals surface area contributed by atoms with E-state index in [9.17, 15) is 0 Å². The topological polar surface area (TPSA) is 12.0 Å². The maximum atomic E-state index is 3.72. The minimum Gasteiger partial charge on any atom is -0.314 e. The molecular formula is C20H29N. The van der Waals surface area contributed by atoms with Crippen LogP contribution < -0.4 is 5.32 Å². The molecule has 0 aliphatic carbocycles. The first-order chi connectivity index (χ1) is 9.98. The zero-order chi connectivity index (χ0) is 15.3. The summed E-state index contributed by atoms with van der Waals surface area (Å²) >= 11 is 0. The number of hydrogen-bond acceptors (Lipinski definition) is 1. The Bertz CT molecular complexity index is 565. The number of benzene rings is 2. The van der Waals surface area contributed by atoms with Crippen LogP contribution in [0.15, 0.2) is 42.5 Å². The van der Waals surface area contributed by atoms with Crippen LogP contribution in [0.2, 0.25) is 0 Å². The highest BCUT2D eigenvalue weighted by Gasteiger charge is 2.18. The third-order valence-corrected chi connectivity index (χ3v) is 3.84. The van der Waals surface area contributed by atoms with E-state index in [-0.39, 0.29) is 0 Å². The van der Waals surface area contributed by atoms with Gasteiger partial charge in [-0.25, -0.2) is 0 Å². The molecule has 0 heterocycles. The van der Waals surface area contributed by atoms with Crippen LogP contribution in [0.5, 0.6) is 0 Å². The first-order valence-electron chi connectivity index (χ1n) is 8.19. The van der Waals surface area contributed by atoms with Crippen molar-refractivity contribution in [2.24, 2.45) is 5.41 Å². The van der Waals surface area contributed by atoms with Crippen molar-refractivity contribution in [1.82, 2.24) is 5.32 Å². The van der Waals surface area contributed by atoms with Crippen LogP contribution in [0, 0.1) is 5.41 Å². The number of fused-ring (bicyclic) bond motifs is 1. The van der Waals surface area contributed by atoms with Crippen molar-refractivity contribution in [3.05, 3.63) is 48.0 Å². The van der Waals surface area contributed by atoms with Crippen molar-refractivity contribution >= 4 is 10.8 Å². The molecule has 1 N–H and O–H groups in total. The van der Waals surface area contributed by atoms with Gasteiger partial charge >= 0.3 is 0 Å². The van der Waals surface area contributed by atoms with Crippen molar-refractivity contribution in [2.45, 2.75) is 53.0 Å². The molecule has 0 radical (unpaired) electrons. The lowest BCUT2D eigenvalue weighted by Crippen LogP contribution is -2.35. The first-order valence-corrected chi connectivity index (χ1v) is 8.19. The number of nitrogens with one attached hydrogen (secondary N) is 1. The highest BCUT2D eigenvalue weighted by molar-refractivity contribution is 5.82. The summed E-state index contributed by atoms with van der Waals surface area (Å²) in [6.07, 6.45) is 3.51. The Morgan fingerprint density at radius 1 is 1.00 bits per heavy atom.